The molecule has 0 fully saturated rings. The van der Waals surface area contributed by atoms with Crippen LogP contribution in [0.2, 0.25) is 0 Å². The van der Waals surface area contributed by atoms with Crippen LogP contribution in [-0.4, -0.2) is 5.91 Å². The number of hydrogen-bond acceptors (Lipinski definition) is 4. The largest absolute Gasteiger partial charge is 0.457 e. The van der Waals surface area contributed by atoms with Gasteiger partial charge in [-0.2, -0.15) is 0 Å². The molecule has 0 saturated carbocycles. The lowest BCUT2D eigenvalue weighted by Gasteiger charge is -2.09. The van der Waals surface area contributed by atoms with E-state index in [-0.39, 0.29) is 5.91 Å². The maximum Gasteiger partial charge on any atom is 0.255 e. The number of nitrogen functional groups attached to an aromatic ring is 2. The molecule has 0 saturated heterocycles. The van der Waals surface area contributed by atoms with Crippen LogP contribution < -0.4 is 21.5 Å². The molecule has 0 heterocycles. The first-order chi connectivity index (χ1) is 11.6. The van der Waals surface area contributed by atoms with Gasteiger partial charge in [-0.15, -0.1) is 0 Å². The zero-order valence-corrected chi connectivity index (χ0v) is 12.9. The Labute approximate surface area is 139 Å². The molecule has 0 aliphatic heterocycles. The van der Waals surface area contributed by atoms with E-state index in [1.807, 2.05) is 12.1 Å². The van der Waals surface area contributed by atoms with Crippen molar-refractivity contribution in [2.75, 3.05) is 16.8 Å². The molecule has 1 amide bonds. The zero-order chi connectivity index (χ0) is 16.9. The highest BCUT2D eigenvalue weighted by Crippen LogP contribution is 2.25. The van der Waals surface area contributed by atoms with Crippen molar-refractivity contribution in [2.45, 2.75) is 0 Å². The molecule has 120 valence electrons. The predicted octanol–water partition coefficient (Wildman–Crippen LogP) is 3.90. The lowest BCUT2D eigenvalue weighted by Crippen LogP contribution is -2.11. The minimum Gasteiger partial charge on any atom is -0.457 e. The van der Waals surface area contributed by atoms with Gasteiger partial charge in [0.05, 0.1) is 0 Å². The molecule has 0 atom stereocenters. The Balaban J connectivity index is 1.71. The van der Waals surface area contributed by atoms with Gasteiger partial charge in [-0.25, -0.2) is 0 Å². The minimum atomic E-state index is -0.209. The van der Waals surface area contributed by atoms with Crippen LogP contribution in [0.1, 0.15) is 10.4 Å². The summed E-state index contributed by atoms with van der Waals surface area (Å²) in [4.78, 5) is 12.2. The SMILES string of the molecule is Nc1ccc(Oc2cccc(NC(=O)c3ccc(N)cc3)c2)cc1. The fraction of sp³-hybridized carbons (Fsp3) is 0. The Kier molecular flexibility index (Phi) is 4.34. The van der Waals surface area contributed by atoms with Crippen molar-refractivity contribution in [2.24, 2.45) is 0 Å². The van der Waals surface area contributed by atoms with Crippen molar-refractivity contribution in [3.8, 4) is 11.5 Å². The van der Waals surface area contributed by atoms with E-state index < -0.39 is 0 Å². The normalized spacial score (nSPS) is 10.2. The van der Waals surface area contributed by atoms with Crippen LogP contribution in [0, 0.1) is 0 Å². The van der Waals surface area contributed by atoms with Crippen molar-refractivity contribution in [1.29, 1.82) is 0 Å². The molecule has 3 aromatic rings. The van der Waals surface area contributed by atoms with Gasteiger partial charge in [-0.1, -0.05) is 6.07 Å². The van der Waals surface area contributed by atoms with Crippen LogP contribution in [0.25, 0.3) is 0 Å². The summed E-state index contributed by atoms with van der Waals surface area (Å²) in [7, 11) is 0. The van der Waals surface area contributed by atoms with E-state index >= 15 is 0 Å². The summed E-state index contributed by atoms with van der Waals surface area (Å²) in [5.41, 5.74) is 13.7. The van der Waals surface area contributed by atoms with Gasteiger partial charge in [0.25, 0.3) is 5.91 Å². The van der Waals surface area contributed by atoms with Crippen LogP contribution in [-0.2, 0) is 0 Å². The summed E-state index contributed by atoms with van der Waals surface area (Å²) in [6.45, 7) is 0. The molecular weight excluding hydrogens is 302 g/mol. The number of nitrogens with one attached hydrogen (secondary N) is 1. The molecule has 3 aromatic carbocycles. The molecular formula is C19H17N3O2. The second-order valence-corrected chi connectivity index (χ2v) is 5.28. The van der Waals surface area contributed by atoms with E-state index in [2.05, 4.69) is 5.32 Å². The lowest BCUT2D eigenvalue weighted by molar-refractivity contribution is 0.102. The van der Waals surface area contributed by atoms with Gasteiger partial charge >= 0.3 is 0 Å². The average Bonchev–Trinajstić information content (AvgIpc) is 2.58. The number of rotatable bonds is 4. The molecule has 0 aliphatic carbocycles. The molecule has 5 N–H and O–H groups in total. The van der Waals surface area contributed by atoms with Crippen LogP contribution in [0.5, 0.6) is 11.5 Å². The van der Waals surface area contributed by atoms with E-state index in [1.54, 1.807) is 60.7 Å². The number of anilines is 3. The summed E-state index contributed by atoms with van der Waals surface area (Å²) in [5, 5.41) is 2.83. The number of ether oxygens (including phenoxy) is 1. The zero-order valence-electron chi connectivity index (χ0n) is 12.9. The third-order valence-electron chi connectivity index (χ3n) is 3.38. The Morgan fingerprint density at radius 2 is 1.42 bits per heavy atom. The highest BCUT2D eigenvalue weighted by molar-refractivity contribution is 6.04. The van der Waals surface area contributed by atoms with Crippen molar-refractivity contribution in [3.63, 3.8) is 0 Å². The maximum atomic E-state index is 12.2. The molecule has 0 bridgehead atoms. The first-order valence-corrected chi connectivity index (χ1v) is 7.40. The third kappa shape index (κ3) is 3.84. The van der Waals surface area contributed by atoms with Gasteiger partial charge in [-0.05, 0) is 60.7 Å². The molecule has 0 unspecified atom stereocenters. The van der Waals surface area contributed by atoms with Crippen molar-refractivity contribution >= 4 is 23.0 Å². The Morgan fingerprint density at radius 1 is 0.792 bits per heavy atom. The molecule has 24 heavy (non-hydrogen) atoms. The topological polar surface area (TPSA) is 90.4 Å². The number of hydrogen-bond donors (Lipinski definition) is 3. The van der Waals surface area contributed by atoms with E-state index in [1.165, 1.54) is 0 Å². The lowest BCUT2D eigenvalue weighted by atomic mass is 10.2. The number of benzene rings is 3. The standard InChI is InChI=1S/C19H17N3O2/c20-14-6-4-13(5-7-14)19(23)22-16-2-1-3-18(12-16)24-17-10-8-15(21)9-11-17/h1-12H,20-21H2,(H,22,23). The monoisotopic (exact) mass is 319 g/mol. The highest BCUT2D eigenvalue weighted by Gasteiger charge is 2.06. The van der Waals surface area contributed by atoms with Crippen molar-refractivity contribution in [3.05, 3.63) is 78.4 Å². The second kappa shape index (κ2) is 6.75. The van der Waals surface area contributed by atoms with Crippen LogP contribution in [0.15, 0.2) is 72.8 Å². The Morgan fingerprint density at radius 3 is 2.08 bits per heavy atom. The highest BCUT2D eigenvalue weighted by atomic mass is 16.5. The van der Waals surface area contributed by atoms with Gasteiger partial charge in [0.1, 0.15) is 11.5 Å². The summed E-state index contributed by atoms with van der Waals surface area (Å²) < 4.78 is 5.75. The average molecular weight is 319 g/mol. The minimum absolute atomic E-state index is 0.209. The molecule has 0 aromatic heterocycles. The molecule has 3 rings (SSSR count). The fourth-order valence-electron chi connectivity index (χ4n) is 2.15. The van der Waals surface area contributed by atoms with E-state index in [0.717, 1.165) is 0 Å². The van der Waals surface area contributed by atoms with Crippen molar-refractivity contribution < 1.29 is 9.53 Å². The number of nitrogens with two attached hydrogens (primary N) is 2. The first-order valence-electron chi connectivity index (χ1n) is 7.40. The van der Waals surface area contributed by atoms with E-state index in [9.17, 15) is 4.79 Å². The summed E-state index contributed by atoms with van der Waals surface area (Å²) in [6.07, 6.45) is 0. The second-order valence-electron chi connectivity index (χ2n) is 5.28. The number of amides is 1. The summed E-state index contributed by atoms with van der Waals surface area (Å²) in [5.74, 6) is 1.08. The van der Waals surface area contributed by atoms with Crippen molar-refractivity contribution in [1.82, 2.24) is 0 Å². The first kappa shape index (κ1) is 15.4. The Bertz CT molecular complexity index is 843. The fourth-order valence-corrected chi connectivity index (χ4v) is 2.15. The van der Waals surface area contributed by atoms with Gasteiger partial charge < -0.3 is 21.5 Å². The summed E-state index contributed by atoms with van der Waals surface area (Å²) >= 11 is 0. The van der Waals surface area contributed by atoms with E-state index in [0.29, 0.717) is 34.1 Å². The van der Waals surface area contributed by atoms with Crippen LogP contribution in [0.3, 0.4) is 0 Å². The third-order valence-corrected chi connectivity index (χ3v) is 3.38. The van der Waals surface area contributed by atoms with Crippen LogP contribution >= 0.6 is 0 Å². The maximum absolute atomic E-state index is 12.2. The van der Waals surface area contributed by atoms with Crippen LogP contribution in [0.4, 0.5) is 17.1 Å². The molecule has 5 heteroatoms. The predicted molar refractivity (Wildman–Crippen MR) is 96.2 cm³/mol. The smallest absolute Gasteiger partial charge is 0.255 e. The Hall–Kier alpha value is -3.47. The number of carbonyl (C=O) groups is 1. The number of carbonyl (C=O) groups excluding carboxylic acids is 1. The van der Waals surface area contributed by atoms with Gasteiger partial charge in [0.2, 0.25) is 0 Å². The quantitative estimate of drug-likeness (QED) is 0.636. The molecule has 0 radical (unpaired) electrons. The summed E-state index contributed by atoms with van der Waals surface area (Å²) in [6, 6.07) is 21.0. The van der Waals surface area contributed by atoms with Gasteiger partial charge in [0.15, 0.2) is 0 Å². The molecule has 0 spiro atoms. The molecule has 5 nitrogen and oxygen atoms in total. The van der Waals surface area contributed by atoms with Gasteiger partial charge in [-0.3, -0.25) is 4.79 Å². The molecule has 0 aliphatic rings. The van der Waals surface area contributed by atoms with E-state index in [4.69, 9.17) is 16.2 Å². The van der Waals surface area contributed by atoms with Gasteiger partial charge in [0, 0.05) is 28.7 Å².